The molecule has 39 heavy (non-hydrogen) atoms. The number of aliphatic hydroxyl groups excluding tert-OH is 1. The molecular weight excluding hydrogens is 535 g/mol. The van der Waals surface area contributed by atoms with E-state index in [0.717, 1.165) is 28.3 Å². The maximum absolute atomic E-state index is 12.1. The molecule has 8 nitrogen and oxygen atoms in total. The molecule has 0 atom stereocenters. The Morgan fingerprint density at radius 3 is 2.46 bits per heavy atom. The number of piperidine rings is 1. The van der Waals surface area contributed by atoms with Crippen LogP contribution in [-0.2, 0) is 4.79 Å². The van der Waals surface area contributed by atoms with Gasteiger partial charge in [-0.15, -0.1) is 0 Å². The van der Waals surface area contributed by atoms with E-state index >= 15 is 0 Å². The average molecular weight is 568 g/mol. The lowest BCUT2D eigenvalue weighted by molar-refractivity contribution is -0.127. The monoisotopic (exact) mass is 566 g/mol. The van der Waals surface area contributed by atoms with Crippen LogP contribution in [0.3, 0.4) is 0 Å². The van der Waals surface area contributed by atoms with Crippen molar-refractivity contribution in [3.05, 3.63) is 64.6 Å². The fourth-order valence-electron chi connectivity index (χ4n) is 5.03. The number of nitrogens with zero attached hydrogens (tertiary/aromatic N) is 5. The molecule has 1 amide bonds. The highest BCUT2D eigenvalue weighted by molar-refractivity contribution is 6.33. The zero-order valence-corrected chi connectivity index (χ0v) is 23.6. The van der Waals surface area contributed by atoms with E-state index < -0.39 is 5.41 Å². The zero-order valence-electron chi connectivity index (χ0n) is 22.1. The van der Waals surface area contributed by atoms with E-state index in [2.05, 4.69) is 4.90 Å². The molecule has 1 saturated heterocycles. The number of amides is 1. The SMILES string of the molecule is CN(CCCO)c1cc(N2CCC(C)(C(N)=O)CC2)n2nc(-c3ccccc3Cl)c(-c3ccc(Cl)cc3)c2n1. The summed E-state index contributed by atoms with van der Waals surface area (Å²) in [6.07, 6.45) is 1.91. The third-order valence-corrected chi connectivity index (χ3v) is 8.23. The summed E-state index contributed by atoms with van der Waals surface area (Å²) in [6.45, 7) is 3.97. The van der Waals surface area contributed by atoms with E-state index in [4.69, 9.17) is 39.0 Å². The van der Waals surface area contributed by atoms with Gasteiger partial charge >= 0.3 is 0 Å². The van der Waals surface area contributed by atoms with Crippen molar-refractivity contribution in [1.29, 1.82) is 0 Å². The second-order valence-corrected chi connectivity index (χ2v) is 11.2. The van der Waals surface area contributed by atoms with Gasteiger partial charge in [0.15, 0.2) is 5.65 Å². The smallest absolute Gasteiger partial charge is 0.223 e. The minimum atomic E-state index is -0.537. The largest absolute Gasteiger partial charge is 0.396 e. The molecule has 3 N–H and O–H groups in total. The molecule has 1 aliphatic heterocycles. The molecule has 2 aromatic heterocycles. The molecule has 0 radical (unpaired) electrons. The molecule has 1 fully saturated rings. The number of hydrogen-bond donors (Lipinski definition) is 2. The van der Waals surface area contributed by atoms with E-state index in [0.29, 0.717) is 60.3 Å². The van der Waals surface area contributed by atoms with Gasteiger partial charge in [-0.1, -0.05) is 60.5 Å². The minimum absolute atomic E-state index is 0.0939. The highest BCUT2D eigenvalue weighted by atomic mass is 35.5. The van der Waals surface area contributed by atoms with Crippen LogP contribution < -0.4 is 15.5 Å². The number of anilines is 2. The van der Waals surface area contributed by atoms with Crippen molar-refractivity contribution in [3.8, 4) is 22.4 Å². The Bertz CT molecular complexity index is 1500. The number of fused-ring (bicyclic) bond motifs is 1. The molecule has 10 heteroatoms. The first kappa shape index (κ1) is 27.2. The number of carbonyl (C=O) groups is 1. The Labute approximate surface area is 238 Å². The molecule has 0 bridgehead atoms. The number of nitrogens with two attached hydrogens (primary N) is 1. The Morgan fingerprint density at radius 1 is 1.13 bits per heavy atom. The third kappa shape index (κ3) is 5.29. The van der Waals surface area contributed by atoms with Gasteiger partial charge in [0.1, 0.15) is 17.3 Å². The number of aromatic nitrogens is 3. The van der Waals surface area contributed by atoms with Crippen LogP contribution >= 0.6 is 23.2 Å². The van der Waals surface area contributed by atoms with E-state index in [1.165, 1.54) is 0 Å². The standard InChI is InChI=1S/C29H32Cl2N6O2/c1-29(28(32)39)12-15-36(16-13-29)24-18-23(35(2)14-5-17-38)33-27-25(19-8-10-20(30)11-9-19)26(34-37(24)27)21-6-3-4-7-22(21)31/h3-4,6-11,18,38H,5,12-17H2,1-2H3,(H2,32,39). The molecule has 0 spiro atoms. The third-order valence-electron chi connectivity index (χ3n) is 7.65. The van der Waals surface area contributed by atoms with E-state index in [1.54, 1.807) is 0 Å². The predicted octanol–water partition coefficient (Wildman–Crippen LogP) is 5.28. The second-order valence-electron chi connectivity index (χ2n) is 10.3. The summed E-state index contributed by atoms with van der Waals surface area (Å²) >= 11 is 12.9. The van der Waals surface area contributed by atoms with Crippen molar-refractivity contribution < 1.29 is 9.90 Å². The molecule has 204 valence electrons. The summed E-state index contributed by atoms with van der Waals surface area (Å²) in [5, 5.41) is 15.8. The van der Waals surface area contributed by atoms with Gasteiger partial charge in [-0.3, -0.25) is 4.79 Å². The van der Waals surface area contributed by atoms with Gasteiger partial charge in [0.05, 0.1) is 10.6 Å². The van der Waals surface area contributed by atoms with Crippen molar-refractivity contribution >= 4 is 46.4 Å². The number of rotatable bonds is 8. The van der Waals surface area contributed by atoms with Gasteiger partial charge in [0.2, 0.25) is 5.91 Å². The summed E-state index contributed by atoms with van der Waals surface area (Å²) < 4.78 is 1.87. The van der Waals surface area contributed by atoms with Gasteiger partial charge < -0.3 is 20.6 Å². The van der Waals surface area contributed by atoms with Crippen LogP contribution in [0.25, 0.3) is 28.0 Å². The Balaban J connectivity index is 1.75. The highest BCUT2D eigenvalue weighted by Gasteiger charge is 2.36. The summed E-state index contributed by atoms with van der Waals surface area (Å²) in [5.74, 6) is 1.36. The van der Waals surface area contributed by atoms with Gasteiger partial charge in [0.25, 0.3) is 0 Å². The Kier molecular flexibility index (Phi) is 7.71. The van der Waals surface area contributed by atoms with Crippen LogP contribution in [0.1, 0.15) is 26.2 Å². The van der Waals surface area contributed by atoms with Crippen LogP contribution in [0.5, 0.6) is 0 Å². The lowest BCUT2D eigenvalue weighted by Gasteiger charge is -2.38. The van der Waals surface area contributed by atoms with Crippen LogP contribution in [0.15, 0.2) is 54.6 Å². The molecule has 2 aromatic carbocycles. The number of carbonyl (C=O) groups excluding carboxylic acids is 1. The molecule has 0 unspecified atom stereocenters. The molecule has 0 aliphatic carbocycles. The number of aliphatic hydroxyl groups is 1. The summed E-state index contributed by atoms with van der Waals surface area (Å²) in [5.41, 5.74) is 9.15. The fourth-order valence-corrected chi connectivity index (χ4v) is 5.38. The lowest BCUT2D eigenvalue weighted by atomic mass is 9.80. The second kappa shape index (κ2) is 11.0. The van der Waals surface area contributed by atoms with E-state index in [-0.39, 0.29) is 12.5 Å². The first-order valence-corrected chi connectivity index (χ1v) is 13.8. The minimum Gasteiger partial charge on any atom is -0.396 e. The maximum Gasteiger partial charge on any atom is 0.223 e. The van der Waals surface area contributed by atoms with Crippen LogP contribution in [0.4, 0.5) is 11.6 Å². The number of primary amides is 1. The van der Waals surface area contributed by atoms with Crippen molar-refractivity contribution in [2.75, 3.05) is 43.1 Å². The number of halogens is 2. The first-order chi connectivity index (χ1) is 18.7. The number of benzene rings is 2. The quantitative estimate of drug-likeness (QED) is 0.301. The van der Waals surface area contributed by atoms with Crippen LogP contribution in [0, 0.1) is 5.41 Å². The zero-order chi connectivity index (χ0) is 27.7. The van der Waals surface area contributed by atoms with Gasteiger partial charge in [-0.25, -0.2) is 4.98 Å². The molecule has 4 aromatic rings. The molecular formula is C29H32Cl2N6O2. The first-order valence-electron chi connectivity index (χ1n) is 13.0. The van der Waals surface area contributed by atoms with Crippen molar-refractivity contribution in [3.63, 3.8) is 0 Å². The summed E-state index contributed by atoms with van der Waals surface area (Å²) in [7, 11) is 1.96. The normalized spacial score (nSPS) is 15.1. The summed E-state index contributed by atoms with van der Waals surface area (Å²) in [4.78, 5) is 21.5. The lowest BCUT2D eigenvalue weighted by Crippen LogP contribution is -2.46. The van der Waals surface area contributed by atoms with Crippen molar-refractivity contribution in [2.24, 2.45) is 11.1 Å². The van der Waals surface area contributed by atoms with Gasteiger partial charge in [0, 0.05) is 55.4 Å². The van der Waals surface area contributed by atoms with Gasteiger partial charge in [-0.2, -0.15) is 9.61 Å². The molecule has 5 rings (SSSR count). The Morgan fingerprint density at radius 2 is 1.82 bits per heavy atom. The van der Waals surface area contributed by atoms with Crippen molar-refractivity contribution in [2.45, 2.75) is 26.2 Å². The predicted molar refractivity (Wildman–Crippen MR) is 158 cm³/mol. The van der Waals surface area contributed by atoms with Gasteiger partial charge in [-0.05, 0) is 43.0 Å². The van der Waals surface area contributed by atoms with E-state index in [1.807, 2.05) is 78.0 Å². The topological polar surface area (TPSA) is 100.0 Å². The Hall–Kier alpha value is -3.33. The van der Waals surface area contributed by atoms with Crippen LogP contribution in [-0.4, -0.2) is 58.9 Å². The van der Waals surface area contributed by atoms with Crippen molar-refractivity contribution in [1.82, 2.24) is 14.6 Å². The van der Waals surface area contributed by atoms with Crippen LogP contribution in [0.2, 0.25) is 10.0 Å². The van der Waals surface area contributed by atoms with E-state index in [9.17, 15) is 9.90 Å². The molecule has 3 heterocycles. The number of hydrogen-bond acceptors (Lipinski definition) is 6. The fraction of sp³-hybridized carbons (Fsp3) is 0.345. The maximum atomic E-state index is 12.1. The molecule has 1 aliphatic rings. The summed E-state index contributed by atoms with van der Waals surface area (Å²) in [6, 6.07) is 17.3. The average Bonchev–Trinajstić information content (AvgIpc) is 3.31. The molecule has 0 saturated carbocycles. The highest BCUT2D eigenvalue weighted by Crippen LogP contribution is 2.41.